The number of para-hydroxylation sites is 1. The average Bonchev–Trinajstić information content (AvgIpc) is 3.18. The Morgan fingerprint density at radius 3 is 2.64 bits per heavy atom. The lowest BCUT2D eigenvalue weighted by atomic mass is 10.1. The van der Waals surface area contributed by atoms with Gasteiger partial charge in [-0.2, -0.15) is 5.26 Å². The topological polar surface area (TPSA) is 82.2 Å². The van der Waals surface area contributed by atoms with Gasteiger partial charge in [-0.05, 0) is 18.6 Å². The molecule has 28 heavy (non-hydrogen) atoms. The summed E-state index contributed by atoms with van der Waals surface area (Å²) in [7, 11) is 0. The zero-order valence-electron chi connectivity index (χ0n) is 15.4. The van der Waals surface area contributed by atoms with Gasteiger partial charge in [0.15, 0.2) is 5.65 Å². The molecule has 6 nitrogen and oxygen atoms in total. The summed E-state index contributed by atoms with van der Waals surface area (Å²) in [6.45, 7) is 2.96. The Labute approximate surface area is 162 Å². The summed E-state index contributed by atoms with van der Waals surface area (Å²) in [4.78, 5) is 16.7. The highest BCUT2D eigenvalue weighted by Crippen LogP contribution is 2.31. The van der Waals surface area contributed by atoms with Crippen molar-refractivity contribution in [1.29, 1.82) is 5.26 Å². The largest absolute Gasteiger partial charge is 0.379 e. The van der Waals surface area contributed by atoms with E-state index in [2.05, 4.69) is 21.7 Å². The zero-order valence-corrected chi connectivity index (χ0v) is 15.4. The Morgan fingerprint density at radius 2 is 1.89 bits per heavy atom. The summed E-state index contributed by atoms with van der Waals surface area (Å²) in [6.07, 6.45) is 1.68. The maximum Gasteiger partial charge on any atom is 0.271 e. The molecule has 0 saturated heterocycles. The molecular weight excluding hydrogens is 350 g/mol. The molecule has 2 aromatic carbocycles. The van der Waals surface area contributed by atoms with Gasteiger partial charge in [-0.1, -0.05) is 48.5 Å². The Hall–Kier alpha value is -3.85. The van der Waals surface area contributed by atoms with Crippen molar-refractivity contribution >= 4 is 28.1 Å². The molecule has 2 N–H and O–H groups in total. The number of carbonyl (C=O) groups is 1. The highest BCUT2D eigenvalue weighted by Gasteiger charge is 2.19. The Morgan fingerprint density at radius 1 is 1.14 bits per heavy atom. The third-order valence-electron chi connectivity index (χ3n) is 4.61. The molecule has 1 amide bonds. The van der Waals surface area contributed by atoms with E-state index in [9.17, 15) is 10.1 Å². The summed E-state index contributed by atoms with van der Waals surface area (Å²) < 4.78 is 1.81. The fourth-order valence-corrected chi connectivity index (χ4v) is 3.32. The van der Waals surface area contributed by atoms with Crippen LogP contribution in [0.15, 0.2) is 60.8 Å². The fraction of sp³-hybridized carbons (Fsp3) is 0.136. The molecule has 6 heteroatoms. The third-order valence-corrected chi connectivity index (χ3v) is 4.61. The van der Waals surface area contributed by atoms with Crippen LogP contribution < -0.4 is 10.6 Å². The number of imidazole rings is 1. The van der Waals surface area contributed by atoms with Gasteiger partial charge in [-0.15, -0.1) is 0 Å². The van der Waals surface area contributed by atoms with E-state index in [-0.39, 0.29) is 5.91 Å². The van der Waals surface area contributed by atoms with Gasteiger partial charge < -0.3 is 10.6 Å². The van der Waals surface area contributed by atoms with Crippen LogP contribution in [0, 0.1) is 11.3 Å². The number of rotatable bonds is 5. The van der Waals surface area contributed by atoms with Gasteiger partial charge in [0.1, 0.15) is 17.3 Å². The van der Waals surface area contributed by atoms with Crippen molar-refractivity contribution in [1.82, 2.24) is 14.7 Å². The number of benzene rings is 2. The lowest BCUT2D eigenvalue weighted by molar-refractivity contribution is 0.0951. The second-order valence-corrected chi connectivity index (χ2v) is 6.40. The summed E-state index contributed by atoms with van der Waals surface area (Å²) in [6, 6.07) is 20.1. The first-order valence-electron chi connectivity index (χ1n) is 9.12. The van der Waals surface area contributed by atoms with Crippen LogP contribution in [0.3, 0.4) is 0 Å². The third kappa shape index (κ3) is 3.03. The van der Waals surface area contributed by atoms with Crippen LogP contribution in [-0.2, 0) is 6.54 Å². The van der Waals surface area contributed by atoms with Crippen LogP contribution in [0.1, 0.15) is 28.5 Å². The predicted molar refractivity (Wildman–Crippen MR) is 109 cm³/mol. The molecule has 0 radical (unpaired) electrons. The van der Waals surface area contributed by atoms with Crippen molar-refractivity contribution in [2.75, 3.05) is 11.9 Å². The number of pyridine rings is 1. The molecule has 0 unspecified atom stereocenters. The molecule has 4 rings (SSSR count). The van der Waals surface area contributed by atoms with E-state index in [1.807, 2.05) is 65.9 Å². The highest BCUT2D eigenvalue weighted by atomic mass is 16.1. The molecule has 138 valence electrons. The van der Waals surface area contributed by atoms with Crippen LogP contribution >= 0.6 is 0 Å². The lowest BCUT2D eigenvalue weighted by Crippen LogP contribution is -2.22. The van der Waals surface area contributed by atoms with Gasteiger partial charge in [0.2, 0.25) is 0 Å². The lowest BCUT2D eigenvalue weighted by Gasteiger charge is -2.14. The molecule has 0 aliphatic heterocycles. The molecule has 0 fully saturated rings. The van der Waals surface area contributed by atoms with Crippen molar-refractivity contribution in [2.45, 2.75) is 13.5 Å². The van der Waals surface area contributed by atoms with Crippen molar-refractivity contribution < 1.29 is 4.79 Å². The number of anilines is 1. The molecule has 0 bridgehead atoms. The van der Waals surface area contributed by atoms with Crippen molar-refractivity contribution in [3.8, 4) is 6.07 Å². The minimum absolute atomic E-state index is 0.252. The van der Waals surface area contributed by atoms with E-state index < -0.39 is 0 Å². The van der Waals surface area contributed by atoms with Crippen LogP contribution in [-0.4, -0.2) is 21.8 Å². The summed E-state index contributed by atoms with van der Waals surface area (Å²) >= 11 is 0. The number of fused-ring (bicyclic) bond motifs is 3. The molecule has 4 aromatic rings. The molecule has 0 aliphatic rings. The van der Waals surface area contributed by atoms with Gasteiger partial charge in [0, 0.05) is 24.7 Å². The quantitative estimate of drug-likeness (QED) is 0.562. The number of aromatic nitrogens is 2. The van der Waals surface area contributed by atoms with Crippen molar-refractivity contribution in [3.63, 3.8) is 0 Å². The number of nitriles is 1. The van der Waals surface area contributed by atoms with E-state index in [4.69, 9.17) is 0 Å². The Kier molecular flexibility index (Phi) is 4.65. The van der Waals surface area contributed by atoms with Crippen molar-refractivity contribution in [2.24, 2.45) is 0 Å². The van der Waals surface area contributed by atoms with E-state index in [1.165, 1.54) is 0 Å². The summed E-state index contributed by atoms with van der Waals surface area (Å²) in [5.74, 6) is -0.252. The van der Waals surface area contributed by atoms with E-state index >= 15 is 0 Å². The maximum atomic E-state index is 12.3. The molecule has 0 aliphatic carbocycles. The number of hydrogen-bond acceptors (Lipinski definition) is 4. The SMILES string of the molecule is CCNC(=O)c1cn2c(n1)c(C#N)c(NCc1ccccc1)c1ccccc12. The van der Waals surface area contributed by atoms with E-state index in [0.717, 1.165) is 22.2 Å². The van der Waals surface area contributed by atoms with E-state index in [1.54, 1.807) is 6.20 Å². The molecule has 2 aromatic heterocycles. The van der Waals surface area contributed by atoms with Gasteiger partial charge >= 0.3 is 0 Å². The normalized spacial score (nSPS) is 10.7. The standard InChI is InChI=1S/C22H19N5O/c1-2-24-22(28)18-14-27-19-11-7-6-10-16(19)20(17(12-23)21(27)26-18)25-13-15-8-4-3-5-9-15/h3-11,14,25H,2,13H2,1H3,(H,24,28). The highest BCUT2D eigenvalue weighted by molar-refractivity contribution is 6.00. The van der Waals surface area contributed by atoms with Crippen LogP contribution in [0.2, 0.25) is 0 Å². The van der Waals surface area contributed by atoms with Crippen LogP contribution in [0.5, 0.6) is 0 Å². The van der Waals surface area contributed by atoms with Gasteiger partial charge in [0.05, 0.1) is 11.2 Å². The van der Waals surface area contributed by atoms with Crippen LogP contribution in [0.4, 0.5) is 5.69 Å². The number of nitrogens with zero attached hydrogens (tertiary/aromatic N) is 3. The minimum Gasteiger partial charge on any atom is -0.379 e. The van der Waals surface area contributed by atoms with Gasteiger partial charge in [-0.25, -0.2) is 4.98 Å². The smallest absolute Gasteiger partial charge is 0.271 e. The minimum atomic E-state index is -0.252. The Bertz CT molecular complexity index is 1200. The molecule has 0 saturated carbocycles. The number of nitrogens with one attached hydrogen (secondary N) is 2. The Balaban J connectivity index is 1.90. The molecule has 2 heterocycles. The second kappa shape index (κ2) is 7.41. The average molecular weight is 369 g/mol. The second-order valence-electron chi connectivity index (χ2n) is 6.40. The van der Waals surface area contributed by atoms with Crippen molar-refractivity contribution in [3.05, 3.63) is 77.6 Å². The fourth-order valence-electron chi connectivity index (χ4n) is 3.32. The van der Waals surface area contributed by atoms with Gasteiger partial charge in [0.25, 0.3) is 5.91 Å². The summed E-state index contributed by atoms with van der Waals surface area (Å²) in [5, 5.41) is 16.9. The molecular formula is C22H19N5O. The maximum absolute atomic E-state index is 12.3. The summed E-state index contributed by atoms with van der Waals surface area (Å²) in [5.41, 5.74) is 3.91. The zero-order chi connectivity index (χ0) is 19.5. The van der Waals surface area contributed by atoms with Gasteiger partial charge in [-0.3, -0.25) is 9.20 Å². The number of hydrogen-bond donors (Lipinski definition) is 2. The van der Waals surface area contributed by atoms with E-state index in [0.29, 0.717) is 30.0 Å². The number of amides is 1. The first-order chi connectivity index (χ1) is 13.7. The molecule has 0 atom stereocenters. The number of carbonyl (C=O) groups excluding carboxylic acids is 1. The predicted octanol–water partition coefficient (Wildman–Crippen LogP) is 3.72. The first kappa shape index (κ1) is 17.6. The van der Waals surface area contributed by atoms with Crippen LogP contribution in [0.25, 0.3) is 16.6 Å². The molecule has 0 spiro atoms. The monoisotopic (exact) mass is 369 g/mol. The first-order valence-corrected chi connectivity index (χ1v) is 9.12.